The molecule has 0 bridgehead atoms. The lowest BCUT2D eigenvalue weighted by molar-refractivity contribution is -0.138. The Labute approximate surface area is 323 Å². The van der Waals surface area contributed by atoms with Crippen LogP contribution in [0.1, 0.15) is 35.4 Å². The number of allylic oxidation sites excluding steroid dienone is 2. The molecule has 3 N–H and O–H groups in total. The molecule has 2 saturated heterocycles. The molecule has 2 aliphatic heterocycles. The Morgan fingerprint density at radius 2 is 1.38 bits per heavy atom. The van der Waals surface area contributed by atoms with E-state index < -0.39 is 46.8 Å². The zero-order valence-electron chi connectivity index (χ0n) is 29.9. The third-order valence-corrected chi connectivity index (χ3v) is 12.1. The van der Waals surface area contributed by atoms with E-state index in [-0.39, 0.29) is 30.4 Å². The fourth-order valence-corrected chi connectivity index (χ4v) is 9.67. The minimum absolute atomic E-state index is 0.0861. The molecule has 4 amide bonds. The van der Waals surface area contributed by atoms with Crippen molar-refractivity contribution in [1.29, 1.82) is 0 Å². The van der Waals surface area contributed by atoms with E-state index in [0.29, 0.717) is 27.5 Å². The largest absolute Gasteiger partial charge is 0.508 e. The first-order valence-electron chi connectivity index (χ1n) is 18.4. The zero-order valence-corrected chi connectivity index (χ0v) is 30.6. The van der Waals surface area contributed by atoms with Gasteiger partial charge < -0.3 is 10.4 Å². The summed E-state index contributed by atoms with van der Waals surface area (Å²) in [5, 5.41) is 16.4. The molecule has 9 nitrogen and oxygen atoms in total. The number of rotatable bonds is 7. The number of imide groups is 2. The molecule has 0 unspecified atom stereocenters. The van der Waals surface area contributed by atoms with E-state index in [1.54, 1.807) is 24.3 Å². The molecule has 5 aromatic carbocycles. The maximum absolute atomic E-state index is 15.3. The van der Waals surface area contributed by atoms with Crippen LogP contribution in [0, 0.1) is 30.6 Å². The molecular formula is C45H37ClN4O5. The zero-order chi connectivity index (χ0) is 38.0. The molecule has 3 fully saturated rings. The number of aryl methyl sites for hydroxylation is 1. The predicted octanol–water partition coefficient (Wildman–Crippen LogP) is 8.29. The van der Waals surface area contributed by atoms with Gasteiger partial charge in [0.15, 0.2) is 0 Å². The standard InChI is InChI=1S/C45H37ClN4O5/c1-26-12-15-31(16-13-26)48-50-42(53)37-25-35-33(40(36-24-28(46)14-23-38(36)51)45(37,44(50)55)27-8-4-2-5-9-27)21-22-34-39(35)43(54)49(41(34)52)32-19-17-30(18-20-32)47-29-10-6-3-7-11-29/h2-21,23-24,34-35,37,39-40,47-48,51H,22,25H2,1H3/t34-,35+,37-,39-,40+,45+/m0/s1. The number of nitrogens with zero attached hydrogens (tertiary/aromatic N) is 2. The molecule has 5 aromatic rings. The van der Waals surface area contributed by atoms with E-state index in [1.807, 2.05) is 110 Å². The van der Waals surface area contributed by atoms with E-state index in [4.69, 9.17) is 11.6 Å². The number of hydrogen-bond acceptors (Lipinski definition) is 7. The predicted molar refractivity (Wildman–Crippen MR) is 211 cm³/mol. The minimum Gasteiger partial charge on any atom is -0.508 e. The lowest BCUT2D eigenvalue weighted by Gasteiger charge is -2.50. The fraction of sp³-hybridized carbons (Fsp3) is 0.200. The smallest absolute Gasteiger partial charge is 0.260 e. The summed E-state index contributed by atoms with van der Waals surface area (Å²) in [5.74, 6) is -5.52. The first-order chi connectivity index (χ1) is 26.7. The number of halogens is 1. The molecule has 9 rings (SSSR count). The highest BCUT2D eigenvalue weighted by Crippen LogP contribution is 2.65. The number of fused-ring (bicyclic) bond motifs is 4. The number of nitrogens with one attached hydrogen (secondary N) is 2. The van der Waals surface area contributed by atoms with Crippen molar-refractivity contribution in [2.45, 2.75) is 31.1 Å². The van der Waals surface area contributed by atoms with Crippen LogP contribution in [-0.2, 0) is 24.6 Å². The summed E-state index contributed by atoms with van der Waals surface area (Å²) in [6.07, 6.45) is 2.36. The van der Waals surface area contributed by atoms with Gasteiger partial charge in [-0.15, -0.1) is 0 Å². The quantitative estimate of drug-likeness (QED) is 0.113. The fourth-order valence-electron chi connectivity index (χ4n) is 9.48. The number of benzene rings is 5. The molecule has 2 aliphatic carbocycles. The number of carbonyl (C=O) groups excluding carboxylic acids is 4. The van der Waals surface area contributed by atoms with E-state index in [1.165, 1.54) is 11.0 Å². The van der Waals surface area contributed by atoms with Crippen LogP contribution in [0.4, 0.5) is 22.7 Å². The Morgan fingerprint density at radius 3 is 2.09 bits per heavy atom. The summed E-state index contributed by atoms with van der Waals surface area (Å²) in [7, 11) is 0. The highest BCUT2D eigenvalue weighted by atomic mass is 35.5. The first-order valence-corrected chi connectivity index (χ1v) is 18.8. The van der Waals surface area contributed by atoms with Crippen LogP contribution in [-0.4, -0.2) is 33.7 Å². The second-order valence-electron chi connectivity index (χ2n) is 14.8. The van der Waals surface area contributed by atoms with Gasteiger partial charge in [-0.05, 0) is 98.0 Å². The molecular weight excluding hydrogens is 712 g/mol. The number of amides is 4. The van der Waals surface area contributed by atoms with Crippen LogP contribution in [0.2, 0.25) is 5.02 Å². The topological polar surface area (TPSA) is 119 Å². The number of phenols is 1. The highest BCUT2D eigenvalue weighted by Gasteiger charge is 2.70. The first kappa shape index (κ1) is 34.6. The van der Waals surface area contributed by atoms with Gasteiger partial charge in [0.25, 0.3) is 11.8 Å². The molecule has 2 heterocycles. The van der Waals surface area contributed by atoms with Gasteiger partial charge in [-0.1, -0.05) is 89.5 Å². The van der Waals surface area contributed by atoms with Crippen molar-refractivity contribution in [3.05, 3.63) is 161 Å². The van der Waals surface area contributed by atoms with Crippen molar-refractivity contribution < 1.29 is 24.3 Å². The molecule has 55 heavy (non-hydrogen) atoms. The van der Waals surface area contributed by atoms with Gasteiger partial charge in [0, 0.05) is 27.9 Å². The van der Waals surface area contributed by atoms with Crippen LogP contribution >= 0.6 is 11.6 Å². The van der Waals surface area contributed by atoms with Crippen LogP contribution in [0.15, 0.2) is 139 Å². The van der Waals surface area contributed by atoms with Crippen LogP contribution in [0.25, 0.3) is 0 Å². The molecule has 0 aromatic heterocycles. The van der Waals surface area contributed by atoms with E-state index >= 15 is 4.79 Å². The summed E-state index contributed by atoms with van der Waals surface area (Å²) in [6, 6.07) is 38.2. The highest BCUT2D eigenvalue weighted by molar-refractivity contribution is 6.30. The summed E-state index contributed by atoms with van der Waals surface area (Å²) >= 11 is 6.62. The van der Waals surface area contributed by atoms with Crippen LogP contribution in [0.5, 0.6) is 5.75 Å². The maximum Gasteiger partial charge on any atom is 0.260 e. The second kappa shape index (κ2) is 13.3. The summed E-state index contributed by atoms with van der Waals surface area (Å²) in [6.45, 7) is 1.95. The lowest BCUT2D eigenvalue weighted by Crippen LogP contribution is -2.53. The normalized spacial score (nSPS) is 25.6. The van der Waals surface area contributed by atoms with E-state index in [9.17, 15) is 19.5 Å². The third-order valence-electron chi connectivity index (χ3n) is 11.9. The summed E-state index contributed by atoms with van der Waals surface area (Å²) in [4.78, 5) is 60.3. The molecule has 0 spiro atoms. The lowest BCUT2D eigenvalue weighted by atomic mass is 9.49. The van der Waals surface area contributed by atoms with Crippen molar-refractivity contribution >= 4 is 58.0 Å². The average molecular weight is 749 g/mol. The van der Waals surface area contributed by atoms with Gasteiger partial charge in [-0.2, -0.15) is 5.01 Å². The molecule has 10 heteroatoms. The Balaban J connectivity index is 1.15. The van der Waals surface area contributed by atoms with Crippen molar-refractivity contribution in [3.8, 4) is 5.75 Å². The molecule has 0 radical (unpaired) electrons. The SMILES string of the molecule is Cc1ccc(NN2C(=O)[C@@H]3C[C@@H]4C(=CC[C@@H]5C(=O)N(c6ccc(Nc7ccccc7)cc6)C(=O)[C@@H]54)[C@H](c4cc(Cl)ccc4O)[C@]3(c3ccccc3)C2=O)cc1. The minimum atomic E-state index is -1.51. The number of hydrazine groups is 1. The number of para-hydroxylation sites is 1. The number of anilines is 4. The third kappa shape index (κ3) is 5.44. The Kier molecular flexibility index (Phi) is 8.35. The van der Waals surface area contributed by atoms with E-state index in [0.717, 1.165) is 27.5 Å². The number of phenolic OH excluding ortho intramolecular Hbond substituents is 1. The van der Waals surface area contributed by atoms with E-state index in [2.05, 4.69) is 10.7 Å². The van der Waals surface area contributed by atoms with Gasteiger partial charge in [-0.3, -0.25) is 29.5 Å². The number of carbonyl (C=O) groups is 4. The van der Waals surface area contributed by atoms with Gasteiger partial charge in [0.05, 0.1) is 34.5 Å². The van der Waals surface area contributed by atoms with Crippen LogP contribution < -0.4 is 15.6 Å². The summed E-state index contributed by atoms with van der Waals surface area (Å²) in [5.41, 5.74) is 7.06. The second-order valence-corrected chi connectivity index (χ2v) is 15.3. The molecule has 274 valence electrons. The Bertz CT molecular complexity index is 2380. The van der Waals surface area contributed by atoms with Gasteiger partial charge >= 0.3 is 0 Å². The van der Waals surface area contributed by atoms with Crippen molar-refractivity contribution in [2.24, 2.45) is 23.7 Å². The Hall–Kier alpha value is -6.19. The van der Waals surface area contributed by atoms with Crippen LogP contribution in [0.3, 0.4) is 0 Å². The number of hydrogen-bond donors (Lipinski definition) is 3. The van der Waals surface area contributed by atoms with Crippen molar-refractivity contribution in [3.63, 3.8) is 0 Å². The molecule has 4 aliphatic rings. The molecule has 1 saturated carbocycles. The van der Waals surface area contributed by atoms with Crippen molar-refractivity contribution in [1.82, 2.24) is 5.01 Å². The summed E-state index contributed by atoms with van der Waals surface area (Å²) < 4.78 is 0. The van der Waals surface area contributed by atoms with Gasteiger partial charge in [0.1, 0.15) is 5.75 Å². The Morgan fingerprint density at radius 1 is 0.727 bits per heavy atom. The molecule has 6 atom stereocenters. The van der Waals surface area contributed by atoms with Crippen molar-refractivity contribution in [2.75, 3.05) is 15.6 Å². The van der Waals surface area contributed by atoms with Gasteiger partial charge in [-0.25, -0.2) is 0 Å². The van der Waals surface area contributed by atoms with Gasteiger partial charge in [0.2, 0.25) is 11.8 Å². The maximum atomic E-state index is 15.3. The average Bonchev–Trinajstić information content (AvgIpc) is 3.58. The monoisotopic (exact) mass is 748 g/mol. The number of aromatic hydroxyl groups is 1.